The molecule has 7 nitrogen and oxygen atoms in total. The zero-order chi connectivity index (χ0) is 21.8. The van der Waals surface area contributed by atoms with Gasteiger partial charge in [-0.1, -0.05) is 6.07 Å². The maximum absolute atomic E-state index is 12.0. The van der Waals surface area contributed by atoms with Crippen LogP contribution in [0.1, 0.15) is 50.5 Å². The van der Waals surface area contributed by atoms with Crippen LogP contribution in [0.3, 0.4) is 0 Å². The lowest BCUT2D eigenvalue weighted by Crippen LogP contribution is -2.66. The predicted octanol–water partition coefficient (Wildman–Crippen LogP) is 2.09. The van der Waals surface area contributed by atoms with Crippen molar-refractivity contribution in [2.75, 3.05) is 20.2 Å². The minimum atomic E-state index is -0.842. The maximum atomic E-state index is 12.0. The molecule has 0 spiro atoms. The smallest absolute Gasteiger partial charge is 0.238 e. The summed E-state index contributed by atoms with van der Waals surface area (Å²) in [6.07, 6.45) is 6.09. The Balaban J connectivity index is 1.39. The van der Waals surface area contributed by atoms with Gasteiger partial charge in [-0.05, 0) is 81.0 Å². The molecule has 7 heteroatoms. The molecule has 1 aromatic rings. The molecule has 2 saturated heterocycles. The molecule has 1 aromatic carbocycles. The molecule has 2 aliphatic carbocycles. The first-order valence-electron chi connectivity index (χ1n) is 11.6. The van der Waals surface area contributed by atoms with E-state index in [4.69, 9.17) is 4.74 Å². The Hall–Kier alpha value is -2.12. The van der Waals surface area contributed by atoms with Gasteiger partial charge in [0.1, 0.15) is 6.42 Å². The second kappa shape index (κ2) is 7.78. The van der Waals surface area contributed by atoms with Gasteiger partial charge in [-0.2, -0.15) is 0 Å². The van der Waals surface area contributed by atoms with Crippen LogP contribution in [0.2, 0.25) is 0 Å². The minimum Gasteiger partial charge on any atom is -0.504 e. The number of hydrogen-bond donors (Lipinski definition) is 2. The number of benzene rings is 1. The summed E-state index contributed by atoms with van der Waals surface area (Å²) in [5, 5.41) is 22.0. The van der Waals surface area contributed by atoms with Crippen LogP contribution in [0.5, 0.6) is 11.5 Å². The molecule has 2 amide bonds. The highest BCUT2D eigenvalue weighted by atomic mass is 16.5. The second-order valence-corrected chi connectivity index (χ2v) is 9.90. The number of imide groups is 1. The highest BCUT2D eigenvalue weighted by Crippen LogP contribution is 2.47. The maximum Gasteiger partial charge on any atom is 0.238 e. The fourth-order valence-electron chi connectivity index (χ4n) is 6.07. The lowest BCUT2D eigenvalue weighted by Gasteiger charge is -2.56. The van der Waals surface area contributed by atoms with Gasteiger partial charge in [0.25, 0.3) is 0 Å². The van der Waals surface area contributed by atoms with Crippen molar-refractivity contribution >= 4 is 11.8 Å². The van der Waals surface area contributed by atoms with Gasteiger partial charge in [0.15, 0.2) is 11.5 Å². The Morgan fingerprint density at radius 2 is 1.94 bits per heavy atom. The van der Waals surface area contributed by atoms with E-state index in [2.05, 4.69) is 4.90 Å². The van der Waals surface area contributed by atoms with E-state index in [0.29, 0.717) is 31.4 Å². The van der Waals surface area contributed by atoms with Crippen LogP contribution in [0.25, 0.3) is 0 Å². The molecule has 0 bridgehead atoms. The van der Waals surface area contributed by atoms with Crippen molar-refractivity contribution in [1.29, 1.82) is 0 Å². The van der Waals surface area contributed by atoms with Crippen molar-refractivity contribution in [3.8, 4) is 11.5 Å². The van der Waals surface area contributed by atoms with E-state index in [0.717, 1.165) is 31.0 Å². The van der Waals surface area contributed by atoms with Crippen LogP contribution in [0.15, 0.2) is 18.2 Å². The van der Waals surface area contributed by atoms with Crippen molar-refractivity contribution in [2.45, 2.75) is 69.1 Å². The topological polar surface area (TPSA) is 90.3 Å². The van der Waals surface area contributed by atoms with E-state index in [-0.39, 0.29) is 42.0 Å². The molecule has 2 saturated carbocycles. The molecule has 4 unspecified atom stereocenters. The number of fused-ring (bicyclic) bond motifs is 1. The van der Waals surface area contributed by atoms with Crippen LogP contribution in [0.4, 0.5) is 0 Å². The van der Waals surface area contributed by atoms with E-state index >= 15 is 0 Å². The number of phenols is 1. The van der Waals surface area contributed by atoms with E-state index < -0.39 is 5.60 Å². The molecule has 4 atom stereocenters. The van der Waals surface area contributed by atoms with Crippen LogP contribution >= 0.6 is 0 Å². The summed E-state index contributed by atoms with van der Waals surface area (Å²) in [6, 6.07) is 5.33. The Morgan fingerprint density at radius 3 is 2.61 bits per heavy atom. The molecule has 0 aromatic heterocycles. The van der Waals surface area contributed by atoms with Gasteiger partial charge < -0.3 is 14.9 Å². The molecule has 2 heterocycles. The SMILES string of the molecule is COc1cc(CC2N(CC3CC3)CCC3CC(N4C(=O)CC4=O)CCC32O)ccc1O. The zero-order valence-corrected chi connectivity index (χ0v) is 18.1. The first-order valence-corrected chi connectivity index (χ1v) is 11.6. The number of nitrogens with zero attached hydrogens (tertiary/aromatic N) is 2. The number of hydrogen-bond acceptors (Lipinski definition) is 6. The molecule has 168 valence electrons. The van der Waals surface area contributed by atoms with Gasteiger partial charge in [-0.25, -0.2) is 0 Å². The lowest BCUT2D eigenvalue weighted by molar-refractivity contribution is -0.174. The van der Waals surface area contributed by atoms with Gasteiger partial charge in [0.05, 0.1) is 12.7 Å². The average molecular weight is 429 g/mol. The van der Waals surface area contributed by atoms with E-state index in [1.807, 2.05) is 12.1 Å². The largest absolute Gasteiger partial charge is 0.504 e. The van der Waals surface area contributed by atoms with Crippen LogP contribution in [-0.2, 0) is 16.0 Å². The van der Waals surface area contributed by atoms with Gasteiger partial charge in [0.2, 0.25) is 11.8 Å². The quantitative estimate of drug-likeness (QED) is 0.533. The normalized spacial score (nSPS) is 33.7. The number of carbonyl (C=O) groups is 2. The average Bonchev–Trinajstić information content (AvgIpc) is 3.56. The lowest BCUT2D eigenvalue weighted by atomic mass is 9.64. The Kier molecular flexibility index (Phi) is 5.21. The summed E-state index contributed by atoms with van der Waals surface area (Å²) in [4.78, 5) is 27.8. The molecular weight excluding hydrogens is 396 g/mol. The second-order valence-electron chi connectivity index (χ2n) is 9.90. The number of rotatable bonds is 6. The summed E-state index contributed by atoms with van der Waals surface area (Å²) in [7, 11) is 1.54. The molecule has 0 radical (unpaired) electrons. The third kappa shape index (κ3) is 3.72. The number of amides is 2. The van der Waals surface area contributed by atoms with Crippen molar-refractivity contribution in [3.05, 3.63) is 23.8 Å². The molecule has 4 fully saturated rings. The highest BCUT2D eigenvalue weighted by Gasteiger charge is 2.55. The molecule has 5 rings (SSSR count). The van der Waals surface area contributed by atoms with Crippen LogP contribution < -0.4 is 4.74 Å². The Morgan fingerprint density at radius 1 is 1.16 bits per heavy atom. The van der Waals surface area contributed by atoms with Gasteiger partial charge in [-0.3, -0.25) is 19.4 Å². The van der Waals surface area contributed by atoms with Crippen LogP contribution in [0, 0.1) is 11.8 Å². The predicted molar refractivity (Wildman–Crippen MR) is 114 cm³/mol. The number of likely N-dealkylation sites (tertiary alicyclic amines) is 2. The van der Waals surface area contributed by atoms with Gasteiger partial charge in [0, 0.05) is 18.6 Å². The third-order valence-electron chi connectivity index (χ3n) is 7.99. The van der Waals surface area contributed by atoms with E-state index in [1.54, 1.807) is 13.2 Å². The number of phenolic OH excluding ortho intramolecular Hbond substituents is 1. The number of aromatic hydroxyl groups is 1. The monoisotopic (exact) mass is 428 g/mol. The first kappa shape index (κ1) is 20.8. The van der Waals surface area contributed by atoms with E-state index in [9.17, 15) is 19.8 Å². The Labute approximate surface area is 183 Å². The first-order chi connectivity index (χ1) is 14.9. The molecule has 4 aliphatic rings. The summed E-state index contributed by atoms with van der Waals surface area (Å²) < 4.78 is 5.29. The third-order valence-corrected chi connectivity index (χ3v) is 7.99. The van der Waals surface area contributed by atoms with Gasteiger partial charge in [-0.15, -0.1) is 0 Å². The fourth-order valence-corrected chi connectivity index (χ4v) is 6.07. The number of methoxy groups -OCH3 is 1. The summed E-state index contributed by atoms with van der Waals surface area (Å²) in [6.45, 7) is 1.94. The molecular formula is C24H32N2O5. The van der Waals surface area contributed by atoms with Crippen molar-refractivity contribution in [2.24, 2.45) is 11.8 Å². The number of β-lactam (4-membered cyclic amide) rings is 2. The van der Waals surface area contributed by atoms with E-state index in [1.165, 1.54) is 17.7 Å². The minimum absolute atomic E-state index is 0.0233. The van der Waals surface area contributed by atoms with Crippen LogP contribution in [-0.4, -0.2) is 69.7 Å². The number of ether oxygens (including phenoxy) is 1. The number of aliphatic hydroxyl groups is 1. The highest BCUT2D eigenvalue weighted by molar-refractivity contribution is 6.15. The van der Waals surface area contributed by atoms with Crippen molar-refractivity contribution in [1.82, 2.24) is 9.80 Å². The van der Waals surface area contributed by atoms with Crippen molar-refractivity contribution in [3.63, 3.8) is 0 Å². The van der Waals surface area contributed by atoms with Crippen molar-refractivity contribution < 1.29 is 24.5 Å². The number of carbonyl (C=O) groups excluding carboxylic acids is 2. The Bertz CT molecular complexity index is 871. The van der Waals surface area contributed by atoms with Gasteiger partial charge >= 0.3 is 0 Å². The summed E-state index contributed by atoms with van der Waals surface area (Å²) in [5.74, 6) is 1.23. The zero-order valence-electron chi connectivity index (χ0n) is 18.1. The standard InChI is InChI=1S/C24H32N2O5/c1-31-20-10-16(4-5-19(20)27)11-21-24(30)8-6-18(26-22(28)13-23(26)29)12-17(24)7-9-25(21)14-15-2-3-15/h4-5,10,15,17-18,21,27,30H,2-3,6-9,11-14H2,1H3. The summed E-state index contributed by atoms with van der Waals surface area (Å²) in [5.41, 5.74) is 0.191. The summed E-state index contributed by atoms with van der Waals surface area (Å²) >= 11 is 0. The molecule has 2 N–H and O–H groups in total. The molecule has 2 aliphatic heterocycles. The number of piperidine rings is 1. The fraction of sp³-hybridized carbons (Fsp3) is 0.667. The molecule has 31 heavy (non-hydrogen) atoms.